The second-order valence-corrected chi connectivity index (χ2v) is 11.2. The van der Waals surface area contributed by atoms with Gasteiger partial charge in [0.1, 0.15) is 11.6 Å². The number of amides is 2. The van der Waals surface area contributed by atoms with Crippen LogP contribution in [-0.2, 0) is 15.2 Å². The summed E-state index contributed by atoms with van der Waals surface area (Å²) in [5, 5.41) is 17.9. The molecule has 1 saturated heterocycles. The number of likely N-dealkylation sites (tertiary alicyclic amines) is 1. The number of nitrogens with one attached hydrogen (secondary N) is 2. The van der Waals surface area contributed by atoms with Gasteiger partial charge < -0.3 is 20.6 Å². The van der Waals surface area contributed by atoms with Gasteiger partial charge in [0.2, 0.25) is 11.8 Å². The topological polar surface area (TPSA) is 81.7 Å². The fourth-order valence-corrected chi connectivity index (χ4v) is 6.40. The van der Waals surface area contributed by atoms with E-state index in [-0.39, 0.29) is 35.6 Å². The minimum Gasteiger partial charge on any atom is -0.385 e. The molecule has 1 heterocycles. The molecule has 0 bridgehead atoms. The second kappa shape index (κ2) is 14.2. The third-order valence-corrected chi connectivity index (χ3v) is 8.27. The fourth-order valence-electron chi connectivity index (χ4n) is 6.40. The van der Waals surface area contributed by atoms with Crippen LogP contribution in [0.4, 0.5) is 8.78 Å². The Hall–Kier alpha value is -2.06. The number of carbonyl (C=O) groups is 2. The Kier molecular flexibility index (Phi) is 11.3. The number of piperidine rings is 1. The van der Waals surface area contributed by atoms with Crippen LogP contribution in [0.15, 0.2) is 18.2 Å². The molecule has 0 radical (unpaired) electrons. The Labute approximate surface area is 220 Å². The average Bonchev–Trinajstić information content (AvgIpc) is 2.86. The zero-order valence-corrected chi connectivity index (χ0v) is 22.5. The van der Waals surface area contributed by atoms with E-state index in [9.17, 15) is 23.5 Å². The van der Waals surface area contributed by atoms with Gasteiger partial charge in [-0.25, -0.2) is 8.78 Å². The molecule has 3 atom stereocenters. The molecule has 3 rings (SSSR count). The first-order valence-corrected chi connectivity index (χ1v) is 14.1. The molecule has 37 heavy (non-hydrogen) atoms. The summed E-state index contributed by atoms with van der Waals surface area (Å²) in [5.41, 5.74) is -1.31. The Bertz CT molecular complexity index is 873. The minimum atomic E-state index is -1.51. The first kappa shape index (κ1) is 29.5. The zero-order valence-electron chi connectivity index (χ0n) is 22.5. The third-order valence-electron chi connectivity index (χ3n) is 8.27. The van der Waals surface area contributed by atoms with Crippen molar-refractivity contribution in [2.45, 2.75) is 83.2 Å². The third kappa shape index (κ3) is 8.74. The molecule has 8 heteroatoms. The van der Waals surface area contributed by atoms with E-state index >= 15 is 0 Å². The van der Waals surface area contributed by atoms with Gasteiger partial charge in [0.05, 0.1) is 5.60 Å². The van der Waals surface area contributed by atoms with E-state index in [1.54, 1.807) is 0 Å². The molecule has 6 nitrogen and oxygen atoms in total. The lowest BCUT2D eigenvalue weighted by Gasteiger charge is -2.43. The quantitative estimate of drug-likeness (QED) is 0.354. The van der Waals surface area contributed by atoms with Crippen LogP contribution < -0.4 is 10.6 Å². The fraction of sp³-hybridized carbons (Fsp3) is 0.724. The Morgan fingerprint density at radius 3 is 2.46 bits per heavy atom. The van der Waals surface area contributed by atoms with Gasteiger partial charge in [-0.2, -0.15) is 0 Å². The molecule has 1 aliphatic heterocycles. The van der Waals surface area contributed by atoms with Crippen LogP contribution in [0.1, 0.15) is 83.1 Å². The van der Waals surface area contributed by atoms with Crippen molar-refractivity contribution in [3.05, 3.63) is 35.4 Å². The molecule has 2 aliphatic rings. The molecule has 0 spiro atoms. The summed E-state index contributed by atoms with van der Waals surface area (Å²) in [6, 6.07) is 3.18. The van der Waals surface area contributed by atoms with Gasteiger partial charge in [-0.1, -0.05) is 32.1 Å². The summed E-state index contributed by atoms with van der Waals surface area (Å²) in [6.07, 6.45) is 9.94. The van der Waals surface area contributed by atoms with Crippen LogP contribution in [-0.4, -0.2) is 55.0 Å². The van der Waals surface area contributed by atoms with Crippen LogP contribution in [0.3, 0.4) is 0 Å². The number of hydrogen-bond acceptors (Lipinski definition) is 4. The van der Waals surface area contributed by atoms with Crippen molar-refractivity contribution in [2.24, 2.45) is 17.8 Å². The minimum absolute atomic E-state index is 0.0896. The summed E-state index contributed by atoms with van der Waals surface area (Å²) in [4.78, 5) is 26.6. The predicted molar refractivity (Wildman–Crippen MR) is 141 cm³/mol. The number of halogens is 2. The van der Waals surface area contributed by atoms with E-state index in [0.29, 0.717) is 44.8 Å². The van der Waals surface area contributed by atoms with Crippen molar-refractivity contribution >= 4 is 11.8 Å². The highest BCUT2D eigenvalue weighted by molar-refractivity contribution is 5.76. The maximum Gasteiger partial charge on any atom is 0.222 e. The largest absolute Gasteiger partial charge is 0.385 e. The van der Waals surface area contributed by atoms with E-state index in [1.165, 1.54) is 51.2 Å². The molecule has 1 aliphatic carbocycles. The van der Waals surface area contributed by atoms with Gasteiger partial charge in [-0.15, -0.1) is 0 Å². The van der Waals surface area contributed by atoms with Crippen molar-refractivity contribution in [1.82, 2.24) is 15.5 Å². The van der Waals surface area contributed by atoms with Crippen molar-refractivity contribution in [1.29, 1.82) is 0 Å². The van der Waals surface area contributed by atoms with Crippen molar-refractivity contribution in [3.8, 4) is 0 Å². The summed E-state index contributed by atoms with van der Waals surface area (Å²) in [7, 11) is 1.93. The molecule has 3 N–H and O–H groups in total. The lowest BCUT2D eigenvalue weighted by atomic mass is 9.74. The van der Waals surface area contributed by atoms with Gasteiger partial charge in [-0.3, -0.25) is 9.59 Å². The normalized spacial score (nSPS) is 21.3. The molecule has 0 aromatic heterocycles. The molecular formula is C29H45F2N3O3. The molecule has 1 saturated carbocycles. The van der Waals surface area contributed by atoms with Crippen LogP contribution >= 0.6 is 0 Å². The summed E-state index contributed by atoms with van der Waals surface area (Å²) < 4.78 is 28.3. The molecule has 208 valence electrons. The predicted octanol–water partition coefficient (Wildman–Crippen LogP) is 4.50. The second-order valence-electron chi connectivity index (χ2n) is 11.2. The van der Waals surface area contributed by atoms with E-state index < -0.39 is 17.2 Å². The van der Waals surface area contributed by atoms with Gasteiger partial charge in [0.15, 0.2) is 0 Å². The van der Waals surface area contributed by atoms with Crippen molar-refractivity contribution in [2.75, 3.05) is 33.2 Å². The average molecular weight is 522 g/mol. The molecular weight excluding hydrogens is 476 g/mol. The SMILES string of the molecule is CNC[C@@H](CC(=O)N1CCC[C@@H]([C@@](O)(CCCNC(C)=O)c2cc(F)cc(F)c2)C1)CC1CCCCC1. The highest BCUT2D eigenvalue weighted by atomic mass is 19.1. The van der Waals surface area contributed by atoms with Gasteiger partial charge in [0, 0.05) is 45.0 Å². The number of hydrogen-bond donors (Lipinski definition) is 3. The van der Waals surface area contributed by atoms with E-state index in [4.69, 9.17) is 0 Å². The zero-order chi connectivity index (χ0) is 26.8. The Morgan fingerprint density at radius 1 is 1.11 bits per heavy atom. The van der Waals surface area contributed by atoms with E-state index in [1.807, 2.05) is 11.9 Å². The van der Waals surface area contributed by atoms with Gasteiger partial charge in [0.25, 0.3) is 0 Å². The van der Waals surface area contributed by atoms with Crippen LogP contribution in [0.25, 0.3) is 0 Å². The first-order chi connectivity index (χ1) is 17.7. The summed E-state index contributed by atoms with van der Waals surface area (Å²) in [6.45, 7) is 3.56. The standard InChI is InChI=1S/C29H45F2N3O3/c1-21(35)33-12-7-11-29(37,25-16-26(30)18-27(31)17-25)24-10-6-13-34(20-24)28(36)15-23(19-32-2)14-22-8-4-3-5-9-22/h16-18,22-24,32,37H,3-15,19-20H2,1-2H3,(H,33,35)/t23-,24-,29+/m1/s1. The van der Waals surface area contributed by atoms with Crippen molar-refractivity contribution < 1.29 is 23.5 Å². The van der Waals surface area contributed by atoms with Gasteiger partial charge >= 0.3 is 0 Å². The van der Waals surface area contributed by atoms with Crippen molar-refractivity contribution in [3.63, 3.8) is 0 Å². The van der Waals surface area contributed by atoms with Gasteiger partial charge in [-0.05, 0) is 75.2 Å². The monoisotopic (exact) mass is 521 g/mol. The summed E-state index contributed by atoms with van der Waals surface area (Å²) >= 11 is 0. The molecule has 1 aromatic carbocycles. The number of benzene rings is 1. The van der Waals surface area contributed by atoms with Crippen LogP contribution in [0, 0.1) is 29.4 Å². The molecule has 0 unspecified atom stereocenters. The lowest BCUT2D eigenvalue weighted by Crippen LogP contribution is -2.49. The maximum atomic E-state index is 14.2. The number of aliphatic hydroxyl groups is 1. The van der Waals surface area contributed by atoms with Crippen LogP contribution in [0.5, 0.6) is 0 Å². The Morgan fingerprint density at radius 2 is 1.81 bits per heavy atom. The first-order valence-electron chi connectivity index (χ1n) is 14.1. The molecule has 2 amide bonds. The molecule has 1 aromatic rings. The highest BCUT2D eigenvalue weighted by Crippen LogP contribution is 2.40. The number of rotatable bonds is 12. The summed E-state index contributed by atoms with van der Waals surface area (Å²) in [5.74, 6) is -0.954. The van der Waals surface area contributed by atoms with E-state index in [2.05, 4.69) is 10.6 Å². The van der Waals surface area contributed by atoms with Crippen LogP contribution in [0.2, 0.25) is 0 Å². The van der Waals surface area contributed by atoms with E-state index in [0.717, 1.165) is 25.5 Å². The number of carbonyl (C=O) groups excluding carboxylic acids is 2. The maximum absolute atomic E-state index is 14.2. The lowest BCUT2D eigenvalue weighted by molar-refractivity contribution is -0.138. The highest BCUT2D eigenvalue weighted by Gasteiger charge is 2.42. The Balaban J connectivity index is 1.71. The number of nitrogens with zero attached hydrogens (tertiary/aromatic N) is 1. The smallest absolute Gasteiger partial charge is 0.222 e. The molecule has 2 fully saturated rings.